The molecule has 28 heavy (non-hydrogen) atoms. The van der Waals surface area contributed by atoms with Gasteiger partial charge in [0, 0.05) is 11.8 Å². The Balaban J connectivity index is 1.85. The minimum atomic E-state index is -0.125. The predicted octanol–water partition coefficient (Wildman–Crippen LogP) is 7.46. The van der Waals surface area contributed by atoms with E-state index >= 15 is 0 Å². The van der Waals surface area contributed by atoms with Gasteiger partial charge in [0.25, 0.3) is 0 Å². The Hall–Kier alpha value is -1.34. The number of alkyl halides is 1. The van der Waals surface area contributed by atoms with Crippen molar-refractivity contribution >= 4 is 21.9 Å². The van der Waals surface area contributed by atoms with Crippen molar-refractivity contribution in [3.8, 4) is 6.07 Å². The number of ether oxygens (including phenoxy) is 1. The van der Waals surface area contributed by atoms with Crippen LogP contribution >= 0.6 is 15.9 Å². The Morgan fingerprint density at radius 2 is 1.25 bits per heavy atom. The van der Waals surface area contributed by atoms with Crippen molar-refractivity contribution < 1.29 is 9.53 Å². The molecule has 0 saturated heterocycles. The number of unbranched alkanes of at least 4 members (excludes halogenated alkanes) is 12. The molecule has 0 aliphatic carbocycles. The lowest BCUT2D eigenvalue weighted by molar-refractivity contribution is -0.145. The molecule has 1 aromatic rings. The number of hydrogen-bond donors (Lipinski definition) is 0. The van der Waals surface area contributed by atoms with Crippen LogP contribution in [0.4, 0.5) is 0 Å². The van der Waals surface area contributed by atoms with Gasteiger partial charge in [0.05, 0.1) is 11.6 Å². The van der Waals surface area contributed by atoms with Crippen molar-refractivity contribution in [1.29, 1.82) is 5.26 Å². The van der Waals surface area contributed by atoms with Gasteiger partial charge in [-0.1, -0.05) is 98.7 Å². The Labute approximate surface area is 180 Å². The first-order valence-electron chi connectivity index (χ1n) is 11.0. The highest BCUT2D eigenvalue weighted by molar-refractivity contribution is 9.09. The van der Waals surface area contributed by atoms with Crippen LogP contribution in [0.5, 0.6) is 0 Å². The second-order valence-corrected chi connectivity index (χ2v) is 8.30. The van der Waals surface area contributed by atoms with Crippen LogP contribution in [0.1, 0.15) is 101 Å². The molecule has 0 heterocycles. The summed E-state index contributed by atoms with van der Waals surface area (Å²) in [5.74, 6) is -0.125. The molecule has 0 fully saturated rings. The van der Waals surface area contributed by atoms with Crippen molar-refractivity contribution in [2.45, 2.75) is 96.5 Å². The molecule has 0 spiro atoms. The fourth-order valence-corrected chi connectivity index (χ4v) is 3.62. The summed E-state index contributed by atoms with van der Waals surface area (Å²) in [6, 6.07) is 9.23. The number of rotatable bonds is 17. The quantitative estimate of drug-likeness (QED) is 0.141. The Morgan fingerprint density at radius 1 is 0.786 bits per heavy atom. The lowest BCUT2D eigenvalue weighted by atomic mass is 10.0. The number of nitrogens with zero attached hydrogens (tertiary/aromatic N) is 1. The van der Waals surface area contributed by atoms with E-state index in [0.29, 0.717) is 18.6 Å². The second kappa shape index (κ2) is 17.7. The maximum absolute atomic E-state index is 11.8. The monoisotopic (exact) mass is 449 g/mol. The summed E-state index contributed by atoms with van der Waals surface area (Å²) in [7, 11) is 0. The highest BCUT2D eigenvalue weighted by Gasteiger charge is 2.03. The van der Waals surface area contributed by atoms with Gasteiger partial charge in [-0.15, -0.1) is 0 Å². The lowest BCUT2D eigenvalue weighted by Crippen LogP contribution is -2.04. The van der Waals surface area contributed by atoms with E-state index in [0.717, 1.165) is 23.7 Å². The van der Waals surface area contributed by atoms with Crippen molar-refractivity contribution in [2.75, 3.05) is 5.33 Å². The van der Waals surface area contributed by atoms with E-state index in [1.54, 1.807) is 12.1 Å². The van der Waals surface area contributed by atoms with Crippen LogP contribution < -0.4 is 0 Å². The van der Waals surface area contributed by atoms with Gasteiger partial charge >= 0.3 is 5.97 Å². The molecule has 156 valence electrons. The molecule has 0 unspecified atom stereocenters. The summed E-state index contributed by atoms with van der Waals surface area (Å²) in [5, 5.41) is 9.91. The van der Waals surface area contributed by atoms with Gasteiger partial charge < -0.3 is 4.74 Å². The smallest absolute Gasteiger partial charge is 0.306 e. The second-order valence-electron chi connectivity index (χ2n) is 7.50. The summed E-state index contributed by atoms with van der Waals surface area (Å²) in [6.07, 6.45) is 17.3. The maximum Gasteiger partial charge on any atom is 0.306 e. The molecule has 0 aliphatic rings. The highest BCUT2D eigenvalue weighted by Crippen LogP contribution is 2.13. The van der Waals surface area contributed by atoms with Gasteiger partial charge in [-0.25, -0.2) is 0 Å². The van der Waals surface area contributed by atoms with Gasteiger partial charge in [0.15, 0.2) is 0 Å². The molecule has 0 saturated carbocycles. The fourth-order valence-electron chi connectivity index (χ4n) is 3.22. The minimum absolute atomic E-state index is 0.125. The number of benzene rings is 1. The topological polar surface area (TPSA) is 50.1 Å². The van der Waals surface area contributed by atoms with Crippen LogP contribution in [0.25, 0.3) is 0 Å². The highest BCUT2D eigenvalue weighted by atomic mass is 79.9. The number of hydrogen-bond acceptors (Lipinski definition) is 3. The Kier molecular flexibility index (Phi) is 15.6. The number of halogens is 1. The lowest BCUT2D eigenvalue weighted by Gasteiger charge is -2.05. The van der Waals surface area contributed by atoms with Crippen LogP contribution in [0.2, 0.25) is 0 Å². The standard InChI is InChI=1S/C24H36BrNO2/c25-19-13-11-9-7-5-3-1-2-4-6-8-10-12-14-24(27)28-21-23-17-15-22(20-26)16-18-23/h15-18H,1-14,19,21H2. The molecule has 3 nitrogen and oxygen atoms in total. The summed E-state index contributed by atoms with van der Waals surface area (Å²) >= 11 is 3.48. The van der Waals surface area contributed by atoms with Crippen molar-refractivity contribution in [1.82, 2.24) is 0 Å². The molecule has 0 bridgehead atoms. The predicted molar refractivity (Wildman–Crippen MR) is 119 cm³/mol. The van der Waals surface area contributed by atoms with E-state index in [9.17, 15) is 4.79 Å². The first kappa shape index (κ1) is 24.7. The number of esters is 1. The third-order valence-electron chi connectivity index (χ3n) is 5.00. The van der Waals surface area contributed by atoms with Crippen LogP contribution in [-0.4, -0.2) is 11.3 Å². The molecule has 0 radical (unpaired) electrons. The number of carbonyl (C=O) groups is 1. The van der Waals surface area contributed by atoms with Crippen molar-refractivity contribution in [2.24, 2.45) is 0 Å². The Morgan fingerprint density at radius 3 is 1.71 bits per heavy atom. The number of carbonyl (C=O) groups excluding carboxylic acids is 1. The van der Waals surface area contributed by atoms with Crippen molar-refractivity contribution in [3.63, 3.8) is 0 Å². The summed E-state index contributed by atoms with van der Waals surface area (Å²) in [6.45, 7) is 0.293. The van der Waals surface area contributed by atoms with Crippen LogP contribution in [0.15, 0.2) is 24.3 Å². The third-order valence-corrected chi connectivity index (χ3v) is 5.56. The average molecular weight is 450 g/mol. The molecule has 0 atom stereocenters. The van der Waals surface area contributed by atoms with E-state index in [4.69, 9.17) is 10.00 Å². The average Bonchev–Trinajstić information content (AvgIpc) is 2.73. The summed E-state index contributed by atoms with van der Waals surface area (Å²) in [4.78, 5) is 11.8. The van der Waals surface area contributed by atoms with E-state index in [1.165, 1.54) is 70.6 Å². The largest absolute Gasteiger partial charge is 0.461 e. The molecule has 0 aliphatic heterocycles. The molecule has 0 aromatic heterocycles. The number of nitriles is 1. The summed E-state index contributed by atoms with van der Waals surface area (Å²) < 4.78 is 5.29. The van der Waals surface area contributed by atoms with E-state index in [2.05, 4.69) is 22.0 Å². The molecular weight excluding hydrogens is 414 g/mol. The molecular formula is C24H36BrNO2. The van der Waals surface area contributed by atoms with Gasteiger partial charge in [-0.05, 0) is 30.5 Å². The molecule has 0 N–H and O–H groups in total. The minimum Gasteiger partial charge on any atom is -0.461 e. The zero-order chi connectivity index (χ0) is 20.3. The first-order chi connectivity index (χ1) is 13.8. The summed E-state index contributed by atoms with van der Waals surface area (Å²) in [5.41, 5.74) is 1.54. The van der Waals surface area contributed by atoms with Gasteiger partial charge in [0.2, 0.25) is 0 Å². The molecule has 1 aromatic carbocycles. The van der Waals surface area contributed by atoms with Gasteiger partial charge in [0.1, 0.15) is 6.61 Å². The van der Waals surface area contributed by atoms with Crippen LogP contribution in [0.3, 0.4) is 0 Å². The molecule has 1 rings (SSSR count). The van der Waals surface area contributed by atoms with Crippen LogP contribution in [0, 0.1) is 11.3 Å². The van der Waals surface area contributed by atoms with E-state index in [-0.39, 0.29) is 5.97 Å². The first-order valence-corrected chi connectivity index (χ1v) is 12.1. The third kappa shape index (κ3) is 13.8. The van der Waals surface area contributed by atoms with E-state index < -0.39 is 0 Å². The molecule has 0 amide bonds. The molecule has 4 heteroatoms. The van der Waals surface area contributed by atoms with Gasteiger partial charge in [-0.3, -0.25) is 4.79 Å². The Bertz CT molecular complexity index is 551. The normalized spacial score (nSPS) is 10.6. The SMILES string of the molecule is N#Cc1ccc(COC(=O)CCCCCCCCCCCCCCCBr)cc1. The maximum atomic E-state index is 11.8. The zero-order valence-electron chi connectivity index (χ0n) is 17.3. The van der Waals surface area contributed by atoms with E-state index in [1.807, 2.05) is 12.1 Å². The van der Waals surface area contributed by atoms with Crippen molar-refractivity contribution in [3.05, 3.63) is 35.4 Å². The van der Waals surface area contributed by atoms with Crippen LogP contribution in [-0.2, 0) is 16.1 Å². The van der Waals surface area contributed by atoms with Gasteiger partial charge in [-0.2, -0.15) is 5.26 Å². The fraction of sp³-hybridized carbons (Fsp3) is 0.667. The zero-order valence-corrected chi connectivity index (χ0v) is 18.9.